The summed E-state index contributed by atoms with van der Waals surface area (Å²) in [5.74, 6) is 2.85. The van der Waals surface area contributed by atoms with Gasteiger partial charge in [-0.25, -0.2) is 0 Å². The molecule has 0 aromatic carbocycles. The Hall–Kier alpha value is -0.340. The van der Waals surface area contributed by atoms with Gasteiger partial charge < -0.3 is 5.32 Å². The van der Waals surface area contributed by atoms with Crippen LogP contribution in [0, 0.1) is 17.8 Å². The minimum atomic E-state index is 0.634. The van der Waals surface area contributed by atoms with Gasteiger partial charge in [0, 0.05) is 10.9 Å². The van der Waals surface area contributed by atoms with Crippen molar-refractivity contribution in [3.05, 3.63) is 22.4 Å². The highest BCUT2D eigenvalue weighted by Gasteiger charge is 2.27. The molecule has 2 aliphatic rings. The van der Waals surface area contributed by atoms with E-state index in [2.05, 4.69) is 29.8 Å². The fraction of sp³-hybridized carbons (Fsp3) is 0.789. The normalized spacial score (nSPS) is 28.8. The maximum Gasteiger partial charge on any atom is 0.0443 e. The molecule has 2 heteroatoms. The third-order valence-electron chi connectivity index (χ3n) is 5.77. The van der Waals surface area contributed by atoms with Crippen molar-refractivity contribution in [2.45, 2.75) is 70.8 Å². The van der Waals surface area contributed by atoms with Crippen molar-refractivity contribution in [2.24, 2.45) is 17.8 Å². The van der Waals surface area contributed by atoms with E-state index < -0.39 is 0 Å². The molecule has 0 radical (unpaired) electrons. The SMILES string of the molecule is CC1CCC(CCNC(c2cccs2)C2CCCC2)CC1. The quantitative estimate of drug-likeness (QED) is 0.702. The highest BCUT2D eigenvalue weighted by molar-refractivity contribution is 7.10. The number of hydrogen-bond acceptors (Lipinski definition) is 2. The van der Waals surface area contributed by atoms with Crippen LogP contribution >= 0.6 is 11.3 Å². The largest absolute Gasteiger partial charge is 0.309 e. The molecular weight excluding hydrogens is 274 g/mol. The van der Waals surface area contributed by atoms with Crippen molar-refractivity contribution < 1.29 is 0 Å². The van der Waals surface area contributed by atoms with Crippen LogP contribution in [0.1, 0.15) is 75.6 Å². The van der Waals surface area contributed by atoms with Crippen molar-refractivity contribution >= 4 is 11.3 Å². The van der Waals surface area contributed by atoms with Gasteiger partial charge in [-0.1, -0.05) is 51.5 Å². The molecular formula is C19H31NS. The zero-order chi connectivity index (χ0) is 14.5. The molecule has 1 aromatic rings. The van der Waals surface area contributed by atoms with Crippen LogP contribution < -0.4 is 5.32 Å². The summed E-state index contributed by atoms with van der Waals surface area (Å²) >= 11 is 1.94. The molecule has 0 amide bonds. The van der Waals surface area contributed by atoms with Crippen LogP contribution in [0.5, 0.6) is 0 Å². The predicted molar refractivity (Wildman–Crippen MR) is 92.8 cm³/mol. The summed E-state index contributed by atoms with van der Waals surface area (Å²) in [5, 5.41) is 6.17. The minimum Gasteiger partial charge on any atom is -0.309 e. The average Bonchev–Trinajstić information content (AvgIpc) is 3.19. The smallest absolute Gasteiger partial charge is 0.0443 e. The Morgan fingerprint density at radius 3 is 2.57 bits per heavy atom. The van der Waals surface area contributed by atoms with Gasteiger partial charge in [-0.2, -0.15) is 0 Å². The molecule has 118 valence electrons. The van der Waals surface area contributed by atoms with Crippen molar-refractivity contribution in [2.75, 3.05) is 6.54 Å². The topological polar surface area (TPSA) is 12.0 Å². The molecule has 2 aliphatic carbocycles. The first-order chi connectivity index (χ1) is 10.3. The van der Waals surface area contributed by atoms with E-state index >= 15 is 0 Å². The third-order valence-corrected chi connectivity index (χ3v) is 6.73. The minimum absolute atomic E-state index is 0.634. The zero-order valence-electron chi connectivity index (χ0n) is 13.5. The fourth-order valence-corrected chi connectivity index (χ4v) is 5.21. The molecule has 3 rings (SSSR count). The van der Waals surface area contributed by atoms with E-state index in [0.717, 1.165) is 17.8 Å². The first kappa shape index (κ1) is 15.6. The van der Waals surface area contributed by atoms with E-state index in [1.807, 2.05) is 11.3 Å². The molecule has 1 atom stereocenters. The molecule has 1 nitrogen and oxygen atoms in total. The molecule has 0 aliphatic heterocycles. The van der Waals surface area contributed by atoms with Crippen LogP contribution in [0.2, 0.25) is 0 Å². The van der Waals surface area contributed by atoms with Gasteiger partial charge >= 0.3 is 0 Å². The Morgan fingerprint density at radius 2 is 1.90 bits per heavy atom. The van der Waals surface area contributed by atoms with Gasteiger partial charge in [0.25, 0.3) is 0 Å². The van der Waals surface area contributed by atoms with Crippen molar-refractivity contribution in [3.63, 3.8) is 0 Å². The second-order valence-electron chi connectivity index (χ2n) is 7.41. The lowest BCUT2D eigenvalue weighted by Gasteiger charge is -2.28. The number of thiophene rings is 1. The van der Waals surface area contributed by atoms with Crippen molar-refractivity contribution in [1.29, 1.82) is 0 Å². The van der Waals surface area contributed by atoms with Crippen LogP contribution in [-0.2, 0) is 0 Å². The second kappa shape index (κ2) is 7.78. The second-order valence-corrected chi connectivity index (χ2v) is 8.39. The summed E-state index contributed by atoms with van der Waals surface area (Å²) in [6.07, 6.45) is 13.0. The standard InChI is InChI=1S/C19H31NS/c1-15-8-10-16(11-9-15)12-13-20-19(17-5-2-3-6-17)18-7-4-14-21-18/h4,7,14-17,19-20H,2-3,5-6,8-13H2,1H3. The molecule has 1 N–H and O–H groups in total. The Balaban J connectivity index is 1.48. The van der Waals surface area contributed by atoms with Gasteiger partial charge in [-0.15, -0.1) is 11.3 Å². The van der Waals surface area contributed by atoms with Crippen molar-refractivity contribution in [3.8, 4) is 0 Å². The average molecular weight is 306 g/mol. The maximum atomic E-state index is 3.93. The van der Waals surface area contributed by atoms with Crippen LogP contribution in [0.4, 0.5) is 0 Å². The summed E-state index contributed by atoms with van der Waals surface area (Å²) < 4.78 is 0. The van der Waals surface area contributed by atoms with Gasteiger partial charge in [-0.3, -0.25) is 0 Å². The van der Waals surface area contributed by atoms with Gasteiger partial charge in [0.05, 0.1) is 0 Å². The van der Waals surface area contributed by atoms with E-state index in [1.54, 1.807) is 4.88 Å². The van der Waals surface area contributed by atoms with E-state index in [4.69, 9.17) is 0 Å². The molecule has 2 saturated carbocycles. The number of nitrogens with one attached hydrogen (secondary N) is 1. The summed E-state index contributed by atoms with van der Waals surface area (Å²) in [6.45, 7) is 3.64. The summed E-state index contributed by atoms with van der Waals surface area (Å²) in [4.78, 5) is 1.57. The Bertz CT molecular complexity index is 386. The molecule has 1 heterocycles. The zero-order valence-corrected chi connectivity index (χ0v) is 14.3. The lowest BCUT2D eigenvalue weighted by atomic mass is 9.81. The van der Waals surface area contributed by atoms with Crippen molar-refractivity contribution in [1.82, 2.24) is 5.32 Å². The molecule has 0 spiro atoms. The van der Waals surface area contributed by atoms with Crippen LogP contribution in [-0.4, -0.2) is 6.54 Å². The van der Waals surface area contributed by atoms with Gasteiger partial charge in [0.15, 0.2) is 0 Å². The van der Waals surface area contributed by atoms with E-state index in [1.165, 1.54) is 64.3 Å². The fourth-order valence-electron chi connectivity index (χ4n) is 4.32. The summed E-state index contributed by atoms with van der Waals surface area (Å²) in [7, 11) is 0. The van der Waals surface area contributed by atoms with Gasteiger partial charge in [-0.05, 0) is 55.0 Å². The monoisotopic (exact) mass is 305 g/mol. The third kappa shape index (κ3) is 4.32. The van der Waals surface area contributed by atoms with Gasteiger partial charge in [0.2, 0.25) is 0 Å². The van der Waals surface area contributed by atoms with E-state index in [9.17, 15) is 0 Å². The van der Waals surface area contributed by atoms with Gasteiger partial charge in [0.1, 0.15) is 0 Å². The predicted octanol–water partition coefficient (Wildman–Crippen LogP) is 5.79. The highest BCUT2D eigenvalue weighted by Crippen LogP contribution is 2.37. The lowest BCUT2D eigenvalue weighted by molar-refractivity contribution is 0.266. The first-order valence-corrected chi connectivity index (χ1v) is 9.97. The first-order valence-electron chi connectivity index (χ1n) is 9.09. The Labute approximate surface area is 134 Å². The van der Waals surface area contributed by atoms with E-state index in [-0.39, 0.29) is 0 Å². The Morgan fingerprint density at radius 1 is 1.14 bits per heavy atom. The molecule has 1 unspecified atom stereocenters. The number of hydrogen-bond donors (Lipinski definition) is 1. The lowest BCUT2D eigenvalue weighted by Crippen LogP contribution is -2.29. The molecule has 0 bridgehead atoms. The maximum absolute atomic E-state index is 3.93. The van der Waals surface area contributed by atoms with Crippen LogP contribution in [0.25, 0.3) is 0 Å². The molecule has 2 fully saturated rings. The number of rotatable bonds is 6. The molecule has 21 heavy (non-hydrogen) atoms. The summed E-state index contributed by atoms with van der Waals surface area (Å²) in [6, 6.07) is 5.18. The van der Waals surface area contributed by atoms with Crippen LogP contribution in [0.15, 0.2) is 17.5 Å². The highest BCUT2D eigenvalue weighted by atomic mass is 32.1. The molecule has 0 saturated heterocycles. The van der Waals surface area contributed by atoms with E-state index in [0.29, 0.717) is 6.04 Å². The summed E-state index contributed by atoms with van der Waals surface area (Å²) in [5.41, 5.74) is 0. The molecule has 1 aromatic heterocycles. The van der Waals surface area contributed by atoms with Crippen LogP contribution in [0.3, 0.4) is 0 Å². The Kier molecular flexibility index (Phi) is 5.76.